The highest BCUT2D eigenvalue weighted by molar-refractivity contribution is 5.82. The Bertz CT molecular complexity index is 490. The van der Waals surface area contributed by atoms with Gasteiger partial charge in [0, 0.05) is 6.07 Å². The lowest BCUT2D eigenvalue weighted by Gasteiger charge is -2.17. The average Bonchev–Trinajstić information content (AvgIpc) is 2.38. The van der Waals surface area contributed by atoms with Crippen molar-refractivity contribution >= 4 is 12.0 Å². The summed E-state index contributed by atoms with van der Waals surface area (Å²) in [6, 6.07) is 1.99. The molecular formula is C11H14N2O6. The number of carbonyl (C=O) groups is 1. The first-order valence-electron chi connectivity index (χ1n) is 5.45. The van der Waals surface area contributed by atoms with E-state index < -0.39 is 28.6 Å². The van der Waals surface area contributed by atoms with Gasteiger partial charge in [0.05, 0.1) is 16.6 Å². The fourth-order valence-electron chi connectivity index (χ4n) is 1.61. The van der Waals surface area contributed by atoms with Crippen molar-refractivity contribution in [3.8, 4) is 5.75 Å². The van der Waals surface area contributed by atoms with Gasteiger partial charge in [-0.05, 0) is 24.6 Å². The molecule has 0 saturated carbocycles. The predicted octanol–water partition coefficient (Wildman–Crippen LogP) is -0.144. The number of carbonyl (C=O) groups excluding carboxylic acids is 1. The zero-order valence-electron chi connectivity index (χ0n) is 9.89. The number of nitro benzene ring substituents is 1. The fourth-order valence-corrected chi connectivity index (χ4v) is 1.61. The first-order valence-corrected chi connectivity index (χ1v) is 5.45. The predicted molar refractivity (Wildman–Crippen MR) is 64.8 cm³/mol. The van der Waals surface area contributed by atoms with E-state index in [1.54, 1.807) is 0 Å². The number of aldehydes is 1. The van der Waals surface area contributed by atoms with Crippen molar-refractivity contribution in [3.63, 3.8) is 0 Å². The summed E-state index contributed by atoms with van der Waals surface area (Å²) in [6.07, 6.45) is -2.32. The number of nitro groups is 1. The number of aliphatic hydroxyl groups excluding tert-OH is 2. The summed E-state index contributed by atoms with van der Waals surface area (Å²) in [6.45, 7) is 0.124. The number of aliphatic hydroxyl groups is 2. The largest absolute Gasteiger partial charge is 0.502 e. The third kappa shape index (κ3) is 3.25. The quantitative estimate of drug-likeness (QED) is 0.319. The van der Waals surface area contributed by atoms with E-state index in [1.807, 2.05) is 0 Å². The highest BCUT2D eigenvalue weighted by Gasteiger charge is 2.24. The molecule has 0 saturated heterocycles. The van der Waals surface area contributed by atoms with Crippen LogP contribution in [-0.4, -0.2) is 39.2 Å². The summed E-state index contributed by atoms with van der Waals surface area (Å²) >= 11 is 0. The van der Waals surface area contributed by atoms with E-state index in [0.717, 1.165) is 12.1 Å². The molecule has 2 atom stereocenters. The van der Waals surface area contributed by atoms with Gasteiger partial charge < -0.3 is 21.1 Å². The van der Waals surface area contributed by atoms with Crippen LogP contribution in [0, 0.1) is 10.1 Å². The van der Waals surface area contributed by atoms with Crippen molar-refractivity contribution < 1.29 is 25.0 Å². The zero-order chi connectivity index (χ0) is 14.6. The minimum atomic E-state index is -1.43. The number of phenols is 1. The molecule has 104 valence electrons. The van der Waals surface area contributed by atoms with E-state index in [1.165, 1.54) is 0 Å². The molecule has 1 aromatic rings. The Kier molecular flexibility index (Phi) is 4.93. The maximum Gasteiger partial charge on any atom is 0.311 e. The van der Waals surface area contributed by atoms with Crippen molar-refractivity contribution in [2.24, 2.45) is 5.73 Å². The number of nitrogens with two attached hydrogens (primary N) is 1. The maximum absolute atomic E-state index is 10.7. The van der Waals surface area contributed by atoms with E-state index in [2.05, 4.69) is 0 Å². The summed E-state index contributed by atoms with van der Waals surface area (Å²) in [5.41, 5.74) is 4.15. The molecule has 0 aliphatic carbocycles. The number of nitrogens with zero attached hydrogens (tertiary/aromatic N) is 1. The third-order valence-electron chi connectivity index (χ3n) is 2.63. The van der Waals surface area contributed by atoms with Gasteiger partial charge >= 0.3 is 5.69 Å². The van der Waals surface area contributed by atoms with Crippen LogP contribution in [0.4, 0.5) is 5.69 Å². The molecule has 5 N–H and O–H groups in total. The van der Waals surface area contributed by atoms with Crippen molar-refractivity contribution in [1.29, 1.82) is 0 Å². The standard InChI is InChI=1S/C11H14N2O6/c12-2-1-9(15)11(17)6-3-7(5-14)10(16)8(4-6)13(18)19/h3-5,9,11,15-17H,1-2,12H2. The molecule has 8 heteroatoms. The van der Waals surface area contributed by atoms with Gasteiger partial charge in [-0.2, -0.15) is 0 Å². The Morgan fingerprint density at radius 2 is 2.05 bits per heavy atom. The summed E-state index contributed by atoms with van der Waals surface area (Å²) in [4.78, 5) is 20.6. The Labute approximate surface area is 108 Å². The van der Waals surface area contributed by atoms with E-state index in [9.17, 15) is 30.2 Å². The van der Waals surface area contributed by atoms with Crippen LogP contribution in [0.15, 0.2) is 12.1 Å². The van der Waals surface area contributed by atoms with Gasteiger partial charge in [0.25, 0.3) is 0 Å². The Hall–Kier alpha value is -2.03. The summed E-state index contributed by atoms with van der Waals surface area (Å²) < 4.78 is 0. The topological polar surface area (TPSA) is 147 Å². The van der Waals surface area contributed by atoms with Gasteiger partial charge in [-0.25, -0.2) is 0 Å². The molecule has 0 radical (unpaired) electrons. The molecule has 0 fully saturated rings. The van der Waals surface area contributed by atoms with E-state index >= 15 is 0 Å². The molecule has 2 unspecified atom stereocenters. The molecule has 0 aliphatic rings. The smallest absolute Gasteiger partial charge is 0.311 e. The van der Waals surface area contributed by atoms with Gasteiger partial charge in [-0.1, -0.05) is 0 Å². The molecule has 0 spiro atoms. The van der Waals surface area contributed by atoms with Crippen LogP contribution in [0.1, 0.15) is 28.4 Å². The van der Waals surface area contributed by atoms with E-state index in [4.69, 9.17) is 5.73 Å². The Balaban J connectivity index is 3.25. The van der Waals surface area contributed by atoms with Crippen molar-refractivity contribution in [2.75, 3.05) is 6.54 Å². The lowest BCUT2D eigenvalue weighted by atomic mass is 9.99. The monoisotopic (exact) mass is 270 g/mol. The van der Waals surface area contributed by atoms with E-state index in [-0.39, 0.29) is 30.4 Å². The molecule has 0 amide bonds. The highest BCUT2D eigenvalue weighted by Crippen LogP contribution is 2.33. The second kappa shape index (κ2) is 6.23. The minimum Gasteiger partial charge on any atom is -0.502 e. The Morgan fingerprint density at radius 1 is 1.42 bits per heavy atom. The van der Waals surface area contributed by atoms with Gasteiger partial charge in [0.15, 0.2) is 6.29 Å². The van der Waals surface area contributed by atoms with Crippen LogP contribution in [0.25, 0.3) is 0 Å². The van der Waals surface area contributed by atoms with Crippen molar-refractivity contribution in [2.45, 2.75) is 18.6 Å². The number of hydrogen-bond acceptors (Lipinski definition) is 7. The van der Waals surface area contributed by atoms with Crippen LogP contribution < -0.4 is 5.73 Å². The number of aromatic hydroxyl groups is 1. The first-order chi connectivity index (χ1) is 8.92. The zero-order valence-corrected chi connectivity index (χ0v) is 9.89. The fraction of sp³-hybridized carbons (Fsp3) is 0.364. The van der Waals surface area contributed by atoms with E-state index in [0.29, 0.717) is 0 Å². The average molecular weight is 270 g/mol. The van der Waals surface area contributed by atoms with Gasteiger partial charge in [-0.15, -0.1) is 0 Å². The summed E-state index contributed by atoms with van der Waals surface area (Å²) in [5, 5.41) is 39.6. The minimum absolute atomic E-state index is 0.0347. The number of rotatable bonds is 6. The molecule has 0 aromatic heterocycles. The van der Waals surface area contributed by atoms with Crippen LogP contribution in [0.5, 0.6) is 5.75 Å². The summed E-state index contributed by atoms with van der Waals surface area (Å²) in [7, 11) is 0. The Morgan fingerprint density at radius 3 is 2.53 bits per heavy atom. The van der Waals surface area contributed by atoms with Crippen LogP contribution in [0.2, 0.25) is 0 Å². The number of hydrogen-bond donors (Lipinski definition) is 4. The molecule has 1 rings (SSSR count). The lowest BCUT2D eigenvalue weighted by molar-refractivity contribution is -0.386. The molecule has 0 bridgehead atoms. The van der Waals surface area contributed by atoms with Gasteiger partial charge in [0.2, 0.25) is 5.75 Å². The second-order valence-electron chi connectivity index (χ2n) is 3.94. The van der Waals surface area contributed by atoms with Crippen LogP contribution >= 0.6 is 0 Å². The summed E-state index contributed by atoms with van der Waals surface area (Å²) in [5.74, 6) is -0.774. The normalized spacial score (nSPS) is 13.8. The van der Waals surface area contributed by atoms with Crippen molar-refractivity contribution in [3.05, 3.63) is 33.4 Å². The highest BCUT2D eigenvalue weighted by atomic mass is 16.6. The number of phenolic OH excluding ortho intramolecular Hbond substituents is 1. The lowest BCUT2D eigenvalue weighted by Crippen LogP contribution is -2.22. The molecule has 0 heterocycles. The third-order valence-corrected chi connectivity index (χ3v) is 2.63. The molecular weight excluding hydrogens is 256 g/mol. The van der Waals surface area contributed by atoms with Crippen LogP contribution in [-0.2, 0) is 0 Å². The van der Waals surface area contributed by atoms with Gasteiger partial charge in [0.1, 0.15) is 6.10 Å². The first kappa shape index (κ1) is 15.0. The number of benzene rings is 1. The molecule has 1 aromatic carbocycles. The van der Waals surface area contributed by atoms with Gasteiger partial charge in [-0.3, -0.25) is 14.9 Å². The van der Waals surface area contributed by atoms with Crippen molar-refractivity contribution in [1.82, 2.24) is 0 Å². The SMILES string of the molecule is NCCC(O)C(O)c1cc(C=O)c(O)c([N+](=O)[O-])c1. The molecule has 0 aliphatic heterocycles. The second-order valence-corrected chi connectivity index (χ2v) is 3.94. The molecule has 19 heavy (non-hydrogen) atoms. The maximum atomic E-state index is 10.7. The van der Waals surface area contributed by atoms with Crippen LogP contribution in [0.3, 0.4) is 0 Å². The molecule has 8 nitrogen and oxygen atoms in total.